The minimum atomic E-state index is 0.932. The maximum absolute atomic E-state index is 4.93. The van der Waals surface area contributed by atoms with Crippen molar-refractivity contribution in [1.82, 2.24) is 14.3 Å². The van der Waals surface area contributed by atoms with Crippen LogP contribution in [0.15, 0.2) is 30.6 Å². The van der Waals surface area contributed by atoms with E-state index in [0.717, 1.165) is 30.2 Å². The van der Waals surface area contributed by atoms with E-state index in [1.54, 1.807) is 6.33 Å². The molecule has 4 rings (SSSR count). The van der Waals surface area contributed by atoms with E-state index < -0.39 is 0 Å². The molecule has 0 bridgehead atoms. The van der Waals surface area contributed by atoms with Crippen LogP contribution in [0.25, 0.3) is 10.9 Å². The predicted molar refractivity (Wildman–Crippen MR) is 123 cm³/mol. The van der Waals surface area contributed by atoms with Gasteiger partial charge in [-0.25, -0.2) is 4.98 Å². The van der Waals surface area contributed by atoms with Crippen LogP contribution < -0.4 is 10.6 Å². The van der Waals surface area contributed by atoms with Gasteiger partial charge in [0.05, 0.1) is 5.52 Å². The van der Waals surface area contributed by atoms with Crippen LogP contribution in [0, 0.1) is 0 Å². The Bertz CT molecular complexity index is 894. The number of nitrogens with one attached hydrogen (secondary N) is 2. The molecular weight excluding hydrogens is 378 g/mol. The first-order valence-corrected chi connectivity index (χ1v) is 11.8. The number of hydrogen-bond donors (Lipinski definition) is 2. The second-order valence-corrected chi connectivity index (χ2v) is 8.64. The Hall–Kier alpha value is -2.21. The lowest BCUT2D eigenvalue weighted by Crippen LogP contribution is -2.12. The summed E-state index contributed by atoms with van der Waals surface area (Å²) in [5.74, 6) is 0. The van der Waals surface area contributed by atoms with E-state index in [0.29, 0.717) is 0 Å². The quantitative estimate of drug-likeness (QED) is 0.390. The van der Waals surface area contributed by atoms with Gasteiger partial charge in [-0.3, -0.25) is 4.98 Å². The van der Waals surface area contributed by atoms with Gasteiger partial charge in [-0.15, -0.1) is 0 Å². The summed E-state index contributed by atoms with van der Waals surface area (Å²) in [5, 5.41) is 9.32. The third kappa shape index (κ3) is 5.44. The third-order valence-corrected chi connectivity index (χ3v) is 6.33. The summed E-state index contributed by atoms with van der Waals surface area (Å²) >= 11 is 1.42. The number of aryl methyl sites for hydroxylation is 1. The maximum Gasteiger partial charge on any atom is 0.202 e. The average Bonchev–Trinajstić information content (AvgIpc) is 3.28. The highest BCUT2D eigenvalue weighted by atomic mass is 32.1. The Labute approximate surface area is 177 Å². The highest BCUT2D eigenvalue weighted by Crippen LogP contribution is 2.33. The summed E-state index contributed by atoms with van der Waals surface area (Å²) in [7, 11) is 0. The van der Waals surface area contributed by atoms with Crippen LogP contribution in [0.1, 0.15) is 62.6 Å². The normalized spacial score (nSPS) is 13.4. The first-order valence-electron chi connectivity index (χ1n) is 11.1. The molecule has 0 saturated heterocycles. The zero-order chi connectivity index (χ0) is 19.7. The predicted octanol–water partition coefficient (Wildman–Crippen LogP) is 5.83. The molecule has 0 spiro atoms. The van der Waals surface area contributed by atoms with Gasteiger partial charge in [0.15, 0.2) is 0 Å². The van der Waals surface area contributed by atoms with Crippen molar-refractivity contribution < 1.29 is 0 Å². The maximum atomic E-state index is 4.93. The van der Waals surface area contributed by atoms with E-state index >= 15 is 0 Å². The molecule has 1 aliphatic rings. The molecular formula is C23H31N5S. The Morgan fingerprint density at radius 1 is 0.862 bits per heavy atom. The van der Waals surface area contributed by atoms with Crippen molar-refractivity contribution in [2.45, 2.75) is 64.2 Å². The Morgan fingerprint density at radius 2 is 1.62 bits per heavy atom. The molecule has 0 atom stereocenters. The van der Waals surface area contributed by atoms with Crippen LogP contribution in [0.3, 0.4) is 0 Å². The molecule has 0 radical (unpaired) electrons. The summed E-state index contributed by atoms with van der Waals surface area (Å²) in [6.45, 7) is 2.05. The van der Waals surface area contributed by atoms with Crippen LogP contribution in [0.4, 0.5) is 10.8 Å². The van der Waals surface area contributed by atoms with Gasteiger partial charge in [-0.1, -0.05) is 43.9 Å². The summed E-state index contributed by atoms with van der Waals surface area (Å²) in [5.41, 5.74) is 5.28. The van der Waals surface area contributed by atoms with E-state index in [-0.39, 0.29) is 0 Å². The molecule has 0 fully saturated rings. The Balaban J connectivity index is 1.18. The van der Waals surface area contributed by atoms with E-state index in [2.05, 4.69) is 44.3 Å². The summed E-state index contributed by atoms with van der Waals surface area (Å²) < 4.78 is 4.00. The number of rotatable bonds is 11. The van der Waals surface area contributed by atoms with E-state index in [1.165, 1.54) is 91.7 Å². The number of pyridine rings is 1. The SMILES string of the molecule is c1ccc2c(NCCCCCCCCNc3ncns3)c3c(nc2c1)CCCC3. The van der Waals surface area contributed by atoms with Crippen molar-refractivity contribution in [3.8, 4) is 0 Å². The fraction of sp³-hybridized carbons (Fsp3) is 0.522. The molecule has 2 aromatic heterocycles. The van der Waals surface area contributed by atoms with Crippen LogP contribution in [-0.4, -0.2) is 27.4 Å². The van der Waals surface area contributed by atoms with Crippen molar-refractivity contribution in [2.24, 2.45) is 0 Å². The van der Waals surface area contributed by atoms with E-state index in [1.807, 2.05) is 0 Å². The molecule has 2 heterocycles. The van der Waals surface area contributed by atoms with Crippen molar-refractivity contribution >= 4 is 33.3 Å². The summed E-state index contributed by atoms with van der Waals surface area (Å²) in [6.07, 6.45) is 14.1. The fourth-order valence-electron chi connectivity index (χ4n) is 4.19. The number of benzene rings is 1. The number of hydrogen-bond acceptors (Lipinski definition) is 6. The van der Waals surface area contributed by atoms with E-state index in [4.69, 9.17) is 4.98 Å². The highest BCUT2D eigenvalue weighted by molar-refractivity contribution is 7.09. The molecule has 29 heavy (non-hydrogen) atoms. The van der Waals surface area contributed by atoms with Gasteiger partial charge in [-0.05, 0) is 50.2 Å². The molecule has 0 amide bonds. The first kappa shape index (κ1) is 20.1. The number of para-hydroxylation sites is 1. The molecule has 1 aromatic carbocycles. The zero-order valence-corrected chi connectivity index (χ0v) is 17.9. The van der Waals surface area contributed by atoms with Gasteiger partial charge in [0.25, 0.3) is 0 Å². The Kier molecular flexibility index (Phi) is 7.29. The second-order valence-electron chi connectivity index (χ2n) is 7.86. The zero-order valence-electron chi connectivity index (χ0n) is 17.1. The van der Waals surface area contributed by atoms with E-state index in [9.17, 15) is 0 Å². The highest BCUT2D eigenvalue weighted by Gasteiger charge is 2.17. The largest absolute Gasteiger partial charge is 0.384 e. The lowest BCUT2D eigenvalue weighted by molar-refractivity contribution is 0.610. The standard InChI is InChI=1S/C23H31N5S/c1(2-4-10-16-25-23-26-17-27-29-23)3-9-15-24-22-18-11-5-7-13-20(18)28-21-14-8-6-12-19(21)22/h5,7,11,13,17H,1-4,6,8-10,12,14-16H2,(H,24,28)(H,25,26,27). The monoisotopic (exact) mass is 409 g/mol. The van der Waals surface area contributed by atoms with Crippen LogP contribution in [-0.2, 0) is 12.8 Å². The molecule has 6 heteroatoms. The molecule has 154 valence electrons. The van der Waals surface area contributed by atoms with Crippen LogP contribution in [0.5, 0.6) is 0 Å². The molecule has 0 aliphatic heterocycles. The summed E-state index contributed by atoms with van der Waals surface area (Å²) in [4.78, 5) is 9.07. The molecule has 0 saturated carbocycles. The van der Waals surface area contributed by atoms with Crippen molar-refractivity contribution in [3.63, 3.8) is 0 Å². The van der Waals surface area contributed by atoms with Crippen molar-refractivity contribution in [1.29, 1.82) is 0 Å². The number of aromatic nitrogens is 3. The first-order chi connectivity index (χ1) is 14.4. The second kappa shape index (κ2) is 10.5. The molecule has 2 N–H and O–H groups in total. The topological polar surface area (TPSA) is 62.7 Å². The van der Waals surface area contributed by atoms with Crippen LogP contribution >= 0.6 is 11.5 Å². The fourth-order valence-corrected chi connectivity index (χ4v) is 4.65. The third-order valence-electron chi connectivity index (χ3n) is 5.71. The van der Waals surface area contributed by atoms with Gasteiger partial charge < -0.3 is 10.6 Å². The van der Waals surface area contributed by atoms with Gasteiger partial charge in [0.1, 0.15) is 6.33 Å². The minimum absolute atomic E-state index is 0.932. The number of nitrogens with zero attached hydrogens (tertiary/aromatic N) is 3. The molecule has 1 aliphatic carbocycles. The minimum Gasteiger partial charge on any atom is -0.384 e. The molecule has 0 unspecified atom stereocenters. The van der Waals surface area contributed by atoms with Crippen molar-refractivity contribution in [3.05, 3.63) is 41.9 Å². The van der Waals surface area contributed by atoms with Gasteiger partial charge in [0.2, 0.25) is 5.13 Å². The van der Waals surface area contributed by atoms with Crippen molar-refractivity contribution in [2.75, 3.05) is 23.7 Å². The average molecular weight is 410 g/mol. The van der Waals surface area contributed by atoms with Crippen LogP contribution in [0.2, 0.25) is 0 Å². The van der Waals surface area contributed by atoms with Gasteiger partial charge in [0, 0.05) is 41.4 Å². The number of anilines is 2. The van der Waals surface area contributed by atoms with Gasteiger partial charge in [-0.2, -0.15) is 4.37 Å². The Morgan fingerprint density at radius 3 is 2.45 bits per heavy atom. The lowest BCUT2D eigenvalue weighted by atomic mass is 9.92. The lowest BCUT2D eigenvalue weighted by Gasteiger charge is -2.21. The molecule has 3 aromatic rings. The van der Waals surface area contributed by atoms with Gasteiger partial charge >= 0.3 is 0 Å². The number of unbranched alkanes of at least 4 members (excludes halogenated alkanes) is 5. The summed E-state index contributed by atoms with van der Waals surface area (Å²) in [6, 6.07) is 8.59. The number of fused-ring (bicyclic) bond motifs is 2. The molecule has 5 nitrogen and oxygen atoms in total. The smallest absolute Gasteiger partial charge is 0.202 e.